The second kappa shape index (κ2) is 7.42. The topological polar surface area (TPSA) is 21.3 Å². The maximum Gasteiger partial charge on any atom is 0.119 e. The van der Waals surface area contributed by atoms with E-state index in [9.17, 15) is 0 Å². The molecule has 0 unspecified atom stereocenters. The van der Waals surface area contributed by atoms with Crippen molar-refractivity contribution < 1.29 is 4.74 Å². The van der Waals surface area contributed by atoms with Crippen molar-refractivity contribution in [3.63, 3.8) is 0 Å². The third-order valence-electron chi connectivity index (χ3n) is 3.04. The van der Waals surface area contributed by atoms with Gasteiger partial charge < -0.3 is 10.1 Å². The Bertz CT molecular complexity index is 341. The standard InChI is InChI=1S/C16H27NO/c1-16(2,3)14-9-8-10-15(13-14)18-12-7-5-6-11-17-4/h8-10,13,17H,5-7,11-12H2,1-4H3. The van der Waals surface area contributed by atoms with E-state index in [0.29, 0.717) is 0 Å². The minimum Gasteiger partial charge on any atom is -0.494 e. The SMILES string of the molecule is CNCCCCCOc1cccc(C(C)(C)C)c1. The molecule has 0 aliphatic heterocycles. The van der Waals surface area contributed by atoms with Crippen molar-refractivity contribution >= 4 is 0 Å². The Balaban J connectivity index is 2.34. The van der Waals surface area contributed by atoms with Crippen LogP contribution in [0.2, 0.25) is 0 Å². The number of hydrogen-bond donors (Lipinski definition) is 1. The Morgan fingerprint density at radius 3 is 2.56 bits per heavy atom. The second-order valence-corrected chi connectivity index (χ2v) is 5.79. The minimum atomic E-state index is 0.187. The summed E-state index contributed by atoms with van der Waals surface area (Å²) in [6.07, 6.45) is 3.57. The molecule has 2 heteroatoms. The van der Waals surface area contributed by atoms with Gasteiger partial charge in [-0.3, -0.25) is 0 Å². The first kappa shape index (κ1) is 15.0. The molecule has 0 heterocycles. The number of ether oxygens (including phenoxy) is 1. The summed E-state index contributed by atoms with van der Waals surface area (Å²) in [6, 6.07) is 8.45. The van der Waals surface area contributed by atoms with E-state index in [1.165, 1.54) is 18.4 Å². The third kappa shape index (κ3) is 5.54. The van der Waals surface area contributed by atoms with Crippen LogP contribution in [-0.4, -0.2) is 20.2 Å². The van der Waals surface area contributed by atoms with Crippen molar-refractivity contribution in [2.75, 3.05) is 20.2 Å². The smallest absolute Gasteiger partial charge is 0.119 e. The molecule has 1 aromatic rings. The van der Waals surface area contributed by atoms with Crippen LogP contribution < -0.4 is 10.1 Å². The fraction of sp³-hybridized carbons (Fsp3) is 0.625. The van der Waals surface area contributed by atoms with Crippen molar-refractivity contribution in [2.24, 2.45) is 0 Å². The summed E-state index contributed by atoms with van der Waals surface area (Å²) >= 11 is 0. The predicted octanol–water partition coefficient (Wildman–Crippen LogP) is 3.75. The molecule has 0 amide bonds. The van der Waals surface area contributed by atoms with Gasteiger partial charge in [0.05, 0.1) is 6.61 Å². The Morgan fingerprint density at radius 2 is 1.89 bits per heavy atom. The van der Waals surface area contributed by atoms with Crippen molar-refractivity contribution in [3.05, 3.63) is 29.8 Å². The molecule has 1 N–H and O–H groups in total. The summed E-state index contributed by atoms with van der Waals surface area (Å²) < 4.78 is 5.80. The number of unbranched alkanes of at least 4 members (excludes halogenated alkanes) is 2. The molecule has 0 aromatic heterocycles. The highest BCUT2D eigenvalue weighted by atomic mass is 16.5. The molecule has 0 saturated carbocycles. The second-order valence-electron chi connectivity index (χ2n) is 5.79. The van der Waals surface area contributed by atoms with Crippen LogP contribution in [-0.2, 0) is 5.41 Å². The van der Waals surface area contributed by atoms with Gasteiger partial charge in [-0.15, -0.1) is 0 Å². The monoisotopic (exact) mass is 249 g/mol. The van der Waals surface area contributed by atoms with Crippen LogP contribution in [0.3, 0.4) is 0 Å². The lowest BCUT2D eigenvalue weighted by atomic mass is 9.87. The molecule has 1 rings (SSSR count). The zero-order valence-electron chi connectivity index (χ0n) is 12.3. The van der Waals surface area contributed by atoms with E-state index in [1.807, 2.05) is 13.1 Å². The molecule has 1 aromatic carbocycles. The fourth-order valence-corrected chi connectivity index (χ4v) is 1.82. The van der Waals surface area contributed by atoms with Gasteiger partial charge in [0.15, 0.2) is 0 Å². The van der Waals surface area contributed by atoms with Gasteiger partial charge in [0.1, 0.15) is 5.75 Å². The molecule has 2 nitrogen and oxygen atoms in total. The Kier molecular flexibility index (Phi) is 6.20. The Hall–Kier alpha value is -1.02. The van der Waals surface area contributed by atoms with Crippen LogP contribution in [0.5, 0.6) is 5.75 Å². The largest absolute Gasteiger partial charge is 0.494 e. The molecule has 0 radical (unpaired) electrons. The van der Waals surface area contributed by atoms with Gasteiger partial charge in [-0.25, -0.2) is 0 Å². The first-order valence-electron chi connectivity index (χ1n) is 6.92. The van der Waals surface area contributed by atoms with E-state index in [2.05, 4.69) is 44.3 Å². The molecule has 0 bridgehead atoms. The molecule has 102 valence electrons. The summed E-state index contributed by atoms with van der Waals surface area (Å²) in [4.78, 5) is 0. The van der Waals surface area contributed by atoms with Gasteiger partial charge in [-0.1, -0.05) is 32.9 Å². The fourth-order valence-electron chi connectivity index (χ4n) is 1.82. The van der Waals surface area contributed by atoms with Crippen LogP contribution >= 0.6 is 0 Å². The van der Waals surface area contributed by atoms with Gasteiger partial charge in [0.2, 0.25) is 0 Å². The molecule has 0 fully saturated rings. The van der Waals surface area contributed by atoms with E-state index < -0.39 is 0 Å². The van der Waals surface area contributed by atoms with Crippen LogP contribution in [0.4, 0.5) is 0 Å². The third-order valence-corrected chi connectivity index (χ3v) is 3.04. The van der Waals surface area contributed by atoms with Gasteiger partial charge in [0.25, 0.3) is 0 Å². The van der Waals surface area contributed by atoms with Crippen molar-refractivity contribution in [2.45, 2.75) is 45.4 Å². The summed E-state index contributed by atoms with van der Waals surface area (Å²) in [6.45, 7) is 8.59. The van der Waals surface area contributed by atoms with Crippen molar-refractivity contribution in [1.82, 2.24) is 5.32 Å². The first-order chi connectivity index (χ1) is 8.54. The Morgan fingerprint density at radius 1 is 1.11 bits per heavy atom. The lowest BCUT2D eigenvalue weighted by Gasteiger charge is -2.19. The average Bonchev–Trinajstić information content (AvgIpc) is 2.33. The molecule has 0 aliphatic rings. The highest BCUT2D eigenvalue weighted by Gasteiger charge is 2.13. The lowest BCUT2D eigenvalue weighted by Crippen LogP contribution is -2.11. The maximum absolute atomic E-state index is 5.80. The highest BCUT2D eigenvalue weighted by Crippen LogP contribution is 2.25. The number of rotatable bonds is 7. The van der Waals surface area contributed by atoms with Crippen LogP contribution in [0.25, 0.3) is 0 Å². The highest BCUT2D eigenvalue weighted by molar-refractivity contribution is 5.32. The molecule has 0 atom stereocenters. The zero-order chi connectivity index (χ0) is 13.4. The molecule has 18 heavy (non-hydrogen) atoms. The van der Waals surface area contributed by atoms with Gasteiger partial charge in [-0.2, -0.15) is 0 Å². The molecule has 0 saturated heterocycles. The number of nitrogens with one attached hydrogen (secondary N) is 1. The van der Waals surface area contributed by atoms with E-state index in [4.69, 9.17) is 4.74 Å². The van der Waals surface area contributed by atoms with Crippen molar-refractivity contribution in [1.29, 1.82) is 0 Å². The molecular formula is C16H27NO. The zero-order valence-corrected chi connectivity index (χ0v) is 12.3. The van der Waals surface area contributed by atoms with Gasteiger partial charge in [0, 0.05) is 0 Å². The quantitative estimate of drug-likeness (QED) is 0.743. The number of benzene rings is 1. The average molecular weight is 249 g/mol. The van der Waals surface area contributed by atoms with Gasteiger partial charge in [-0.05, 0) is 56.0 Å². The minimum absolute atomic E-state index is 0.187. The van der Waals surface area contributed by atoms with Crippen LogP contribution in [0.1, 0.15) is 45.6 Å². The van der Waals surface area contributed by atoms with E-state index in [0.717, 1.165) is 25.3 Å². The normalized spacial score (nSPS) is 11.6. The van der Waals surface area contributed by atoms with E-state index in [1.54, 1.807) is 0 Å². The maximum atomic E-state index is 5.80. The molecular weight excluding hydrogens is 222 g/mol. The van der Waals surface area contributed by atoms with E-state index >= 15 is 0 Å². The summed E-state index contributed by atoms with van der Waals surface area (Å²) in [7, 11) is 1.99. The lowest BCUT2D eigenvalue weighted by molar-refractivity contribution is 0.304. The summed E-state index contributed by atoms with van der Waals surface area (Å²) in [5, 5.41) is 3.16. The summed E-state index contributed by atoms with van der Waals surface area (Å²) in [5.74, 6) is 0.996. The first-order valence-corrected chi connectivity index (χ1v) is 6.92. The van der Waals surface area contributed by atoms with Crippen molar-refractivity contribution in [3.8, 4) is 5.75 Å². The van der Waals surface area contributed by atoms with Crippen LogP contribution in [0.15, 0.2) is 24.3 Å². The number of hydrogen-bond acceptors (Lipinski definition) is 2. The summed E-state index contributed by atoms with van der Waals surface area (Å²) in [5.41, 5.74) is 1.52. The van der Waals surface area contributed by atoms with Gasteiger partial charge >= 0.3 is 0 Å². The van der Waals surface area contributed by atoms with E-state index in [-0.39, 0.29) is 5.41 Å². The van der Waals surface area contributed by atoms with Crippen LogP contribution in [0, 0.1) is 0 Å². The Labute approximate surface area is 112 Å². The molecule has 0 aliphatic carbocycles. The molecule has 0 spiro atoms. The predicted molar refractivity (Wildman–Crippen MR) is 78.4 cm³/mol.